The Bertz CT molecular complexity index is 1450. The van der Waals surface area contributed by atoms with Crippen molar-refractivity contribution in [3.8, 4) is 5.75 Å². The summed E-state index contributed by atoms with van der Waals surface area (Å²) in [5.74, 6) is 0.487. The molecule has 1 heterocycles. The molecule has 5 rings (SSSR count). The van der Waals surface area contributed by atoms with Crippen LogP contribution in [0.25, 0.3) is 16.8 Å². The highest BCUT2D eigenvalue weighted by atomic mass is 79.9. The Hall–Kier alpha value is -2.87. The molecule has 0 saturated carbocycles. The predicted octanol–water partition coefficient (Wildman–Crippen LogP) is 7.84. The number of nitrogens with zero attached hydrogens (tertiary/aromatic N) is 1. The van der Waals surface area contributed by atoms with Gasteiger partial charge in [0.15, 0.2) is 5.17 Å². The van der Waals surface area contributed by atoms with Crippen LogP contribution in [0.2, 0.25) is 0 Å². The van der Waals surface area contributed by atoms with Gasteiger partial charge in [-0.15, -0.1) is 0 Å². The van der Waals surface area contributed by atoms with Crippen LogP contribution in [-0.4, -0.2) is 11.1 Å². The van der Waals surface area contributed by atoms with E-state index in [4.69, 9.17) is 9.73 Å². The van der Waals surface area contributed by atoms with Crippen molar-refractivity contribution in [1.29, 1.82) is 0 Å². The molecule has 0 bridgehead atoms. The quantitative estimate of drug-likeness (QED) is 0.240. The number of carbonyl (C=O) groups excluding carboxylic acids is 1. The van der Waals surface area contributed by atoms with Crippen LogP contribution < -0.4 is 10.1 Å². The number of benzene rings is 4. The smallest absolute Gasteiger partial charge is 0.264 e. The van der Waals surface area contributed by atoms with Gasteiger partial charge in [0.05, 0.1) is 15.1 Å². The molecule has 1 aliphatic rings. The van der Waals surface area contributed by atoms with Gasteiger partial charge in [0.25, 0.3) is 5.91 Å². The molecule has 34 heavy (non-hydrogen) atoms. The maximum Gasteiger partial charge on any atom is 0.264 e. The van der Waals surface area contributed by atoms with Crippen molar-refractivity contribution < 1.29 is 9.53 Å². The minimum atomic E-state index is -0.186. The first-order valence-electron chi connectivity index (χ1n) is 10.5. The van der Waals surface area contributed by atoms with E-state index < -0.39 is 0 Å². The van der Waals surface area contributed by atoms with E-state index in [2.05, 4.69) is 37.2 Å². The van der Waals surface area contributed by atoms with Crippen LogP contribution in [0.1, 0.15) is 11.1 Å². The summed E-state index contributed by atoms with van der Waals surface area (Å²) in [6.45, 7) is 0.421. The fourth-order valence-corrected chi connectivity index (χ4v) is 5.80. The molecule has 168 valence electrons. The Morgan fingerprint density at radius 2 is 1.71 bits per heavy atom. The fraction of sp³-hybridized carbons (Fsp3) is 0.0370. The molecule has 1 N–H and O–H groups in total. The highest BCUT2D eigenvalue weighted by Crippen LogP contribution is 2.37. The topological polar surface area (TPSA) is 50.7 Å². The molecule has 7 heteroatoms. The Labute approximate surface area is 218 Å². The monoisotopic (exact) mass is 592 g/mol. The maximum absolute atomic E-state index is 12.8. The third-order valence-corrected chi connectivity index (χ3v) is 7.15. The standard InChI is InChI=1S/C27H18Br2N2O2S/c28-20-13-19(25(22(29)15-20)33-16-17-7-2-1-3-8-17)14-24-26(32)31-27(34-24)30-23-12-6-10-18-9-4-5-11-21(18)23/h1-15H,16H2,(H,30,31,32)/b24-14-. The van der Waals surface area contributed by atoms with E-state index in [1.54, 1.807) is 0 Å². The zero-order chi connectivity index (χ0) is 23.5. The number of hydrogen-bond acceptors (Lipinski definition) is 4. The molecule has 1 amide bonds. The second-order valence-electron chi connectivity index (χ2n) is 7.56. The molecule has 1 fully saturated rings. The molecule has 0 radical (unpaired) electrons. The predicted molar refractivity (Wildman–Crippen MR) is 147 cm³/mol. The van der Waals surface area contributed by atoms with Crippen LogP contribution >= 0.6 is 43.6 Å². The summed E-state index contributed by atoms with van der Waals surface area (Å²) in [6, 6.07) is 27.9. The number of amidine groups is 1. The molecule has 4 aromatic rings. The van der Waals surface area contributed by atoms with Crippen LogP contribution in [-0.2, 0) is 11.4 Å². The summed E-state index contributed by atoms with van der Waals surface area (Å²) in [5.41, 5.74) is 2.67. The van der Waals surface area contributed by atoms with Crippen LogP contribution in [0.15, 0.2) is 104 Å². The van der Waals surface area contributed by atoms with Gasteiger partial charge in [-0.1, -0.05) is 82.7 Å². The third kappa shape index (κ3) is 5.12. The van der Waals surface area contributed by atoms with E-state index in [0.29, 0.717) is 22.4 Å². The number of fused-ring (bicyclic) bond motifs is 1. The number of amides is 1. The van der Waals surface area contributed by atoms with E-state index in [0.717, 1.165) is 36.5 Å². The summed E-state index contributed by atoms with van der Waals surface area (Å²) in [6.07, 6.45) is 1.83. The lowest BCUT2D eigenvalue weighted by molar-refractivity contribution is -0.115. The highest BCUT2D eigenvalue weighted by Gasteiger charge is 2.25. The molecular formula is C27H18Br2N2O2S. The first-order chi connectivity index (χ1) is 16.6. The Kier molecular flexibility index (Phi) is 6.85. The van der Waals surface area contributed by atoms with Crippen molar-refractivity contribution in [2.75, 3.05) is 0 Å². The zero-order valence-corrected chi connectivity index (χ0v) is 21.8. The van der Waals surface area contributed by atoms with Gasteiger partial charge < -0.3 is 10.1 Å². The Morgan fingerprint density at radius 1 is 0.941 bits per heavy atom. The number of hydrogen-bond donors (Lipinski definition) is 1. The van der Waals surface area contributed by atoms with E-state index in [9.17, 15) is 4.79 Å². The Morgan fingerprint density at radius 3 is 2.56 bits per heavy atom. The molecule has 0 unspecified atom stereocenters. The summed E-state index contributed by atoms with van der Waals surface area (Å²) in [5, 5.41) is 5.58. The molecule has 1 aliphatic heterocycles. The van der Waals surface area contributed by atoms with Gasteiger partial charge in [0.1, 0.15) is 12.4 Å². The van der Waals surface area contributed by atoms with Crippen molar-refractivity contribution in [2.24, 2.45) is 4.99 Å². The first kappa shape index (κ1) is 22.9. The second-order valence-corrected chi connectivity index (χ2v) is 10.4. The molecule has 0 atom stereocenters. The summed E-state index contributed by atoms with van der Waals surface area (Å²) in [7, 11) is 0. The molecule has 4 nitrogen and oxygen atoms in total. The summed E-state index contributed by atoms with van der Waals surface area (Å²) < 4.78 is 7.83. The Balaban J connectivity index is 1.44. The maximum atomic E-state index is 12.8. The molecular weight excluding hydrogens is 576 g/mol. The number of halogens is 2. The number of ether oxygens (including phenoxy) is 1. The van der Waals surface area contributed by atoms with Gasteiger partial charge in [-0.3, -0.25) is 4.79 Å². The SMILES string of the molecule is O=C1NC(=Nc2cccc3ccccc23)S/C1=C\c1cc(Br)cc(Br)c1OCc1ccccc1. The van der Waals surface area contributed by atoms with Crippen molar-refractivity contribution in [3.63, 3.8) is 0 Å². The van der Waals surface area contributed by atoms with E-state index in [-0.39, 0.29) is 5.91 Å². The van der Waals surface area contributed by atoms with Crippen LogP contribution in [0.4, 0.5) is 5.69 Å². The van der Waals surface area contributed by atoms with Crippen molar-refractivity contribution >= 4 is 77.2 Å². The average molecular weight is 594 g/mol. The van der Waals surface area contributed by atoms with Crippen molar-refractivity contribution in [2.45, 2.75) is 6.61 Å². The summed E-state index contributed by atoms with van der Waals surface area (Å²) in [4.78, 5) is 18.0. The largest absolute Gasteiger partial charge is 0.487 e. The average Bonchev–Trinajstić information content (AvgIpc) is 3.17. The van der Waals surface area contributed by atoms with Crippen molar-refractivity contribution in [3.05, 3.63) is 110 Å². The van der Waals surface area contributed by atoms with Crippen LogP contribution in [0.3, 0.4) is 0 Å². The van der Waals surface area contributed by atoms with Crippen LogP contribution in [0.5, 0.6) is 5.75 Å². The molecule has 0 aliphatic carbocycles. The lowest BCUT2D eigenvalue weighted by Crippen LogP contribution is -2.19. The van der Waals surface area contributed by atoms with Gasteiger partial charge in [0, 0.05) is 15.4 Å². The lowest BCUT2D eigenvalue weighted by Gasteiger charge is -2.12. The fourth-order valence-electron chi connectivity index (χ4n) is 3.61. The zero-order valence-electron chi connectivity index (χ0n) is 17.8. The normalized spacial score (nSPS) is 15.8. The molecule has 4 aromatic carbocycles. The second kappa shape index (κ2) is 10.2. The number of aliphatic imine (C=N–C) groups is 1. The van der Waals surface area contributed by atoms with Gasteiger partial charge in [-0.05, 0) is 62.9 Å². The minimum absolute atomic E-state index is 0.186. The van der Waals surface area contributed by atoms with Gasteiger partial charge >= 0.3 is 0 Å². The first-order valence-corrected chi connectivity index (χ1v) is 12.9. The number of carbonyl (C=O) groups is 1. The third-order valence-electron chi connectivity index (χ3n) is 5.19. The minimum Gasteiger partial charge on any atom is -0.487 e. The van der Waals surface area contributed by atoms with Gasteiger partial charge in [-0.25, -0.2) is 4.99 Å². The summed E-state index contributed by atoms with van der Waals surface area (Å²) >= 11 is 8.46. The lowest BCUT2D eigenvalue weighted by atomic mass is 10.1. The number of rotatable bonds is 5. The van der Waals surface area contributed by atoms with Gasteiger partial charge in [0.2, 0.25) is 0 Å². The van der Waals surface area contributed by atoms with E-state index in [1.807, 2.05) is 91.0 Å². The number of thioether (sulfide) groups is 1. The van der Waals surface area contributed by atoms with Crippen molar-refractivity contribution in [1.82, 2.24) is 5.32 Å². The molecule has 0 spiro atoms. The van der Waals surface area contributed by atoms with Gasteiger partial charge in [-0.2, -0.15) is 0 Å². The van der Waals surface area contributed by atoms with E-state index >= 15 is 0 Å². The molecule has 1 saturated heterocycles. The highest BCUT2D eigenvalue weighted by molar-refractivity contribution is 9.11. The van der Waals surface area contributed by atoms with Crippen LogP contribution in [0, 0.1) is 0 Å². The van der Waals surface area contributed by atoms with E-state index in [1.165, 1.54) is 11.8 Å². The molecule has 0 aromatic heterocycles. The number of nitrogens with one attached hydrogen (secondary N) is 1.